The molecule has 0 unspecified atom stereocenters. The molecule has 5 heteroatoms. The number of hydrogen-bond acceptors (Lipinski definition) is 2. The number of nitrogens with zero attached hydrogens (tertiary/aromatic N) is 2. The Morgan fingerprint density at radius 1 is 1.14 bits per heavy atom. The normalized spacial score (nSPS) is 11.2. The van der Waals surface area contributed by atoms with Gasteiger partial charge in [-0.15, -0.1) is 0 Å². The molecule has 3 aromatic rings. The van der Waals surface area contributed by atoms with E-state index in [0.717, 1.165) is 35.4 Å². The van der Waals surface area contributed by atoms with Crippen molar-refractivity contribution in [2.24, 2.45) is 0 Å². The molecule has 3 nitrogen and oxygen atoms in total. The molecule has 0 fully saturated rings. The number of benzene rings is 2. The second-order valence-corrected chi connectivity index (χ2v) is 5.80. The van der Waals surface area contributed by atoms with Crippen LogP contribution in [-0.4, -0.2) is 9.55 Å². The molecule has 108 valence electrons. The van der Waals surface area contributed by atoms with Crippen LogP contribution in [0.2, 0.25) is 10.0 Å². The van der Waals surface area contributed by atoms with Gasteiger partial charge in [0, 0.05) is 17.1 Å². The van der Waals surface area contributed by atoms with Crippen LogP contribution in [0.5, 0.6) is 0 Å². The second kappa shape index (κ2) is 5.58. The molecule has 0 amide bonds. The topological polar surface area (TPSA) is 43.8 Å². The van der Waals surface area contributed by atoms with Gasteiger partial charge in [0.25, 0.3) is 0 Å². The Morgan fingerprint density at radius 3 is 2.67 bits per heavy atom. The van der Waals surface area contributed by atoms with E-state index in [0.29, 0.717) is 15.7 Å². The van der Waals surface area contributed by atoms with E-state index >= 15 is 0 Å². The number of halogens is 2. The van der Waals surface area contributed by atoms with E-state index in [1.54, 1.807) is 6.07 Å². The Morgan fingerprint density at radius 2 is 1.95 bits per heavy atom. The van der Waals surface area contributed by atoms with Gasteiger partial charge in [0.2, 0.25) is 0 Å². The predicted octanol–water partition coefficient (Wildman–Crippen LogP) is 5.00. The summed E-state index contributed by atoms with van der Waals surface area (Å²) in [7, 11) is 0. The molecule has 21 heavy (non-hydrogen) atoms. The summed E-state index contributed by atoms with van der Waals surface area (Å²) in [5.41, 5.74) is 9.27. The molecule has 1 heterocycles. The first-order valence-electron chi connectivity index (χ1n) is 6.81. The molecule has 2 aromatic carbocycles. The second-order valence-electron chi connectivity index (χ2n) is 4.96. The third kappa shape index (κ3) is 2.59. The maximum atomic E-state index is 6.13. The van der Waals surface area contributed by atoms with E-state index < -0.39 is 0 Å². The maximum Gasteiger partial charge on any atom is 0.141 e. The molecule has 1 aromatic heterocycles. The van der Waals surface area contributed by atoms with Gasteiger partial charge in [0.15, 0.2) is 0 Å². The number of nitrogen functional groups attached to an aromatic ring is 1. The first-order valence-corrected chi connectivity index (χ1v) is 7.57. The third-order valence-corrected chi connectivity index (χ3v) is 3.98. The molecule has 3 rings (SSSR count). The summed E-state index contributed by atoms with van der Waals surface area (Å²) in [6, 6.07) is 11.4. The molecule has 0 aliphatic rings. The summed E-state index contributed by atoms with van der Waals surface area (Å²) >= 11 is 12.2. The average molecular weight is 320 g/mol. The van der Waals surface area contributed by atoms with Gasteiger partial charge < -0.3 is 10.3 Å². The van der Waals surface area contributed by atoms with Crippen LogP contribution < -0.4 is 5.73 Å². The number of aromatic nitrogens is 2. The lowest BCUT2D eigenvalue weighted by atomic mass is 10.2. The number of anilines is 1. The minimum absolute atomic E-state index is 0.542. The minimum atomic E-state index is 0.542. The van der Waals surface area contributed by atoms with Gasteiger partial charge in [0.05, 0.1) is 21.7 Å². The lowest BCUT2D eigenvalue weighted by Gasteiger charge is -2.08. The lowest BCUT2D eigenvalue weighted by Crippen LogP contribution is -2.00. The molecule has 0 atom stereocenters. The molecular formula is C16H15Cl2N3. The van der Waals surface area contributed by atoms with Crippen LogP contribution in [0.15, 0.2) is 36.4 Å². The fraction of sp³-hybridized carbons (Fsp3) is 0.188. The largest absolute Gasteiger partial charge is 0.398 e. The molecule has 0 spiro atoms. The van der Waals surface area contributed by atoms with Crippen molar-refractivity contribution in [2.75, 3.05) is 5.73 Å². The van der Waals surface area contributed by atoms with Crippen LogP contribution in [0.1, 0.15) is 13.3 Å². The Bertz CT molecular complexity index is 809. The molecular weight excluding hydrogens is 305 g/mol. The van der Waals surface area contributed by atoms with Crippen LogP contribution >= 0.6 is 23.2 Å². The summed E-state index contributed by atoms with van der Waals surface area (Å²) in [5.74, 6) is 0.885. The van der Waals surface area contributed by atoms with Crippen molar-refractivity contribution in [1.29, 1.82) is 0 Å². The van der Waals surface area contributed by atoms with E-state index in [1.807, 2.05) is 30.3 Å². The smallest absolute Gasteiger partial charge is 0.141 e. The van der Waals surface area contributed by atoms with E-state index in [-0.39, 0.29) is 0 Å². The number of hydrogen-bond donors (Lipinski definition) is 1. The predicted molar refractivity (Wildman–Crippen MR) is 89.9 cm³/mol. The SMILES string of the molecule is CCCn1c(-c2ccc(N)c(Cl)c2)nc2cc(Cl)ccc21. The Labute approximate surface area is 133 Å². The number of imidazole rings is 1. The van der Waals surface area contributed by atoms with E-state index in [2.05, 4.69) is 11.5 Å². The average Bonchev–Trinajstić information content (AvgIpc) is 2.80. The van der Waals surface area contributed by atoms with Crippen molar-refractivity contribution in [3.8, 4) is 11.4 Å². The first-order chi connectivity index (χ1) is 10.1. The lowest BCUT2D eigenvalue weighted by molar-refractivity contribution is 0.704. The monoisotopic (exact) mass is 319 g/mol. The molecule has 2 N–H and O–H groups in total. The van der Waals surface area contributed by atoms with Gasteiger partial charge >= 0.3 is 0 Å². The van der Waals surface area contributed by atoms with Gasteiger partial charge in [-0.25, -0.2) is 4.98 Å². The molecule has 0 saturated carbocycles. The van der Waals surface area contributed by atoms with Crippen LogP contribution in [0.25, 0.3) is 22.4 Å². The highest BCUT2D eigenvalue weighted by atomic mass is 35.5. The summed E-state index contributed by atoms with van der Waals surface area (Å²) in [4.78, 5) is 4.71. The fourth-order valence-electron chi connectivity index (χ4n) is 2.44. The van der Waals surface area contributed by atoms with Crippen molar-refractivity contribution in [3.63, 3.8) is 0 Å². The number of nitrogens with two attached hydrogens (primary N) is 1. The quantitative estimate of drug-likeness (QED) is 0.690. The van der Waals surface area contributed by atoms with Gasteiger partial charge in [-0.2, -0.15) is 0 Å². The van der Waals surface area contributed by atoms with Crippen molar-refractivity contribution in [1.82, 2.24) is 9.55 Å². The van der Waals surface area contributed by atoms with Crippen molar-refractivity contribution in [2.45, 2.75) is 19.9 Å². The van der Waals surface area contributed by atoms with Crippen LogP contribution in [0.3, 0.4) is 0 Å². The van der Waals surface area contributed by atoms with Crippen molar-refractivity contribution >= 4 is 39.9 Å². The maximum absolute atomic E-state index is 6.13. The van der Waals surface area contributed by atoms with E-state index in [4.69, 9.17) is 33.9 Å². The van der Waals surface area contributed by atoms with Crippen LogP contribution in [-0.2, 0) is 6.54 Å². The standard InChI is InChI=1S/C16H15Cl2N3/c1-2-7-21-15-6-4-11(17)9-14(15)20-16(21)10-3-5-13(19)12(18)8-10/h3-6,8-9H,2,7,19H2,1H3. The van der Waals surface area contributed by atoms with Crippen molar-refractivity contribution < 1.29 is 0 Å². The van der Waals surface area contributed by atoms with Gasteiger partial charge in [-0.3, -0.25) is 0 Å². The Kier molecular flexibility index (Phi) is 3.79. The van der Waals surface area contributed by atoms with E-state index in [9.17, 15) is 0 Å². The summed E-state index contributed by atoms with van der Waals surface area (Å²) in [5, 5.41) is 1.23. The molecule has 0 saturated heterocycles. The van der Waals surface area contributed by atoms with Crippen LogP contribution in [0, 0.1) is 0 Å². The summed E-state index contributed by atoms with van der Waals surface area (Å²) < 4.78 is 2.19. The zero-order valence-corrected chi connectivity index (χ0v) is 13.1. The highest BCUT2D eigenvalue weighted by Gasteiger charge is 2.13. The first kappa shape index (κ1) is 14.2. The Balaban J connectivity index is 2.24. The number of fused-ring (bicyclic) bond motifs is 1. The zero-order valence-electron chi connectivity index (χ0n) is 11.6. The van der Waals surface area contributed by atoms with Crippen LogP contribution in [0.4, 0.5) is 5.69 Å². The molecule has 0 aliphatic heterocycles. The number of aryl methyl sites for hydroxylation is 1. The fourth-order valence-corrected chi connectivity index (χ4v) is 2.79. The van der Waals surface area contributed by atoms with Gasteiger partial charge in [0.1, 0.15) is 5.82 Å². The zero-order chi connectivity index (χ0) is 15.0. The van der Waals surface area contributed by atoms with Gasteiger partial charge in [-0.1, -0.05) is 30.1 Å². The highest BCUT2D eigenvalue weighted by Crippen LogP contribution is 2.30. The highest BCUT2D eigenvalue weighted by molar-refractivity contribution is 6.33. The van der Waals surface area contributed by atoms with Gasteiger partial charge in [-0.05, 0) is 42.8 Å². The molecule has 0 bridgehead atoms. The molecule has 0 aliphatic carbocycles. The summed E-state index contributed by atoms with van der Waals surface area (Å²) in [6.45, 7) is 3.02. The van der Waals surface area contributed by atoms with Crippen molar-refractivity contribution in [3.05, 3.63) is 46.4 Å². The summed E-state index contributed by atoms with van der Waals surface area (Å²) in [6.07, 6.45) is 1.02. The minimum Gasteiger partial charge on any atom is -0.398 e. The Hall–Kier alpha value is -1.71. The molecule has 0 radical (unpaired) electrons. The van der Waals surface area contributed by atoms with E-state index in [1.165, 1.54) is 0 Å². The third-order valence-electron chi connectivity index (χ3n) is 3.42. The number of rotatable bonds is 3.